The lowest BCUT2D eigenvalue weighted by molar-refractivity contribution is -0.107. The van der Waals surface area contributed by atoms with Crippen molar-refractivity contribution < 1.29 is 9.21 Å². The summed E-state index contributed by atoms with van der Waals surface area (Å²) >= 11 is 0. The minimum absolute atomic E-state index is 0.0822. The Morgan fingerprint density at radius 2 is 2.25 bits per heavy atom. The highest BCUT2D eigenvalue weighted by atomic mass is 16.3. The Labute approximate surface area is 71.8 Å². The Balaban J connectivity index is 2.84. The minimum Gasteiger partial charge on any atom is -0.448 e. The van der Waals surface area contributed by atoms with E-state index in [1.807, 2.05) is 20.8 Å². The number of oxazole rings is 1. The SMILES string of the molecule is CC(C)(C)c1nc(CC=O)co1. The third kappa shape index (κ3) is 1.94. The summed E-state index contributed by atoms with van der Waals surface area (Å²) in [5.74, 6) is 0.680. The van der Waals surface area contributed by atoms with E-state index in [9.17, 15) is 4.79 Å². The fourth-order valence-electron chi connectivity index (χ4n) is 0.831. The number of aromatic nitrogens is 1. The van der Waals surface area contributed by atoms with Gasteiger partial charge in [-0.1, -0.05) is 20.8 Å². The molecular weight excluding hydrogens is 154 g/mol. The van der Waals surface area contributed by atoms with Crippen molar-refractivity contribution in [3.63, 3.8) is 0 Å². The maximum Gasteiger partial charge on any atom is 0.199 e. The number of carbonyl (C=O) groups excluding carboxylic acids is 1. The monoisotopic (exact) mass is 167 g/mol. The standard InChI is InChI=1S/C9H13NO2/c1-9(2,3)8-10-7(4-5-11)6-12-8/h5-6H,4H2,1-3H3. The predicted molar refractivity (Wildman–Crippen MR) is 45.0 cm³/mol. The molecule has 0 amide bonds. The van der Waals surface area contributed by atoms with Crippen LogP contribution in [0.1, 0.15) is 32.4 Å². The van der Waals surface area contributed by atoms with Crippen molar-refractivity contribution in [2.24, 2.45) is 0 Å². The minimum atomic E-state index is -0.0822. The van der Waals surface area contributed by atoms with Crippen LogP contribution in [-0.2, 0) is 16.6 Å². The van der Waals surface area contributed by atoms with Gasteiger partial charge in [-0.15, -0.1) is 0 Å². The summed E-state index contributed by atoms with van der Waals surface area (Å²) in [4.78, 5) is 14.3. The highest BCUT2D eigenvalue weighted by Crippen LogP contribution is 2.20. The maximum absolute atomic E-state index is 10.2. The number of carbonyl (C=O) groups is 1. The van der Waals surface area contributed by atoms with Crippen LogP contribution in [0.2, 0.25) is 0 Å². The second kappa shape index (κ2) is 3.09. The Morgan fingerprint density at radius 3 is 2.67 bits per heavy atom. The van der Waals surface area contributed by atoms with Gasteiger partial charge in [0, 0.05) is 11.8 Å². The Hall–Kier alpha value is -1.12. The van der Waals surface area contributed by atoms with Gasteiger partial charge in [0.05, 0.1) is 5.69 Å². The van der Waals surface area contributed by atoms with E-state index in [1.165, 1.54) is 6.26 Å². The zero-order valence-corrected chi connectivity index (χ0v) is 7.63. The molecule has 1 aromatic heterocycles. The van der Waals surface area contributed by atoms with Crippen LogP contribution in [0.5, 0.6) is 0 Å². The summed E-state index contributed by atoms with van der Waals surface area (Å²) < 4.78 is 5.21. The van der Waals surface area contributed by atoms with Gasteiger partial charge in [-0.05, 0) is 0 Å². The summed E-state index contributed by atoms with van der Waals surface area (Å²) in [6, 6.07) is 0. The van der Waals surface area contributed by atoms with E-state index in [2.05, 4.69) is 4.98 Å². The summed E-state index contributed by atoms with van der Waals surface area (Å²) in [7, 11) is 0. The fraction of sp³-hybridized carbons (Fsp3) is 0.556. The molecule has 0 aliphatic carbocycles. The molecule has 0 aromatic carbocycles. The molecule has 0 unspecified atom stereocenters. The van der Waals surface area contributed by atoms with E-state index in [1.54, 1.807) is 0 Å². The molecule has 0 atom stereocenters. The molecule has 1 aromatic rings. The lowest BCUT2D eigenvalue weighted by atomic mass is 9.97. The van der Waals surface area contributed by atoms with Crippen LogP contribution in [0.25, 0.3) is 0 Å². The zero-order chi connectivity index (χ0) is 9.19. The van der Waals surface area contributed by atoms with Gasteiger partial charge < -0.3 is 9.21 Å². The normalized spacial score (nSPS) is 11.6. The van der Waals surface area contributed by atoms with E-state index in [0.717, 1.165) is 6.29 Å². The first-order chi connectivity index (χ1) is 5.54. The van der Waals surface area contributed by atoms with Crippen LogP contribution in [0, 0.1) is 0 Å². The molecule has 1 rings (SSSR count). The largest absolute Gasteiger partial charge is 0.448 e. The van der Waals surface area contributed by atoms with Crippen molar-refractivity contribution in [1.82, 2.24) is 4.98 Å². The topological polar surface area (TPSA) is 43.1 Å². The summed E-state index contributed by atoms with van der Waals surface area (Å²) in [5, 5.41) is 0. The third-order valence-electron chi connectivity index (χ3n) is 1.49. The van der Waals surface area contributed by atoms with Crippen LogP contribution < -0.4 is 0 Å². The van der Waals surface area contributed by atoms with Gasteiger partial charge in [0.2, 0.25) is 0 Å². The molecule has 3 heteroatoms. The molecule has 1 heterocycles. The van der Waals surface area contributed by atoms with Crippen LogP contribution >= 0.6 is 0 Å². The van der Waals surface area contributed by atoms with Crippen molar-refractivity contribution >= 4 is 6.29 Å². The van der Waals surface area contributed by atoms with Crippen molar-refractivity contribution in [1.29, 1.82) is 0 Å². The van der Waals surface area contributed by atoms with Gasteiger partial charge in [0.1, 0.15) is 12.5 Å². The van der Waals surface area contributed by atoms with Crippen molar-refractivity contribution in [3.05, 3.63) is 17.8 Å². The Morgan fingerprint density at radius 1 is 1.58 bits per heavy atom. The van der Waals surface area contributed by atoms with Gasteiger partial charge >= 0.3 is 0 Å². The van der Waals surface area contributed by atoms with Gasteiger partial charge in [-0.3, -0.25) is 0 Å². The quantitative estimate of drug-likeness (QED) is 0.630. The van der Waals surface area contributed by atoms with Gasteiger partial charge in [0.15, 0.2) is 5.89 Å². The fourth-order valence-corrected chi connectivity index (χ4v) is 0.831. The number of rotatable bonds is 2. The summed E-state index contributed by atoms with van der Waals surface area (Å²) in [5.41, 5.74) is 0.621. The molecule has 12 heavy (non-hydrogen) atoms. The molecule has 0 fully saturated rings. The second-order valence-electron chi connectivity index (χ2n) is 3.76. The zero-order valence-electron chi connectivity index (χ0n) is 7.63. The van der Waals surface area contributed by atoms with Gasteiger partial charge in [-0.25, -0.2) is 4.98 Å². The van der Waals surface area contributed by atoms with E-state index in [0.29, 0.717) is 18.0 Å². The lowest BCUT2D eigenvalue weighted by Crippen LogP contribution is -2.11. The van der Waals surface area contributed by atoms with Crippen LogP contribution in [0.4, 0.5) is 0 Å². The number of hydrogen-bond acceptors (Lipinski definition) is 3. The highest BCUT2D eigenvalue weighted by molar-refractivity contribution is 5.53. The molecule has 0 aliphatic rings. The van der Waals surface area contributed by atoms with E-state index in [4.69, 9.17) is 4.42 Å². The average molecular weight is 167 g/mol. The first-order valence-corrected chi connectivity index (χ1v) is 3.92. The van der Waals surface area contributed by atoms with Crippen LogP contribution in [-0.4, -0.2) is 11.3 Å². The van der Waals surface area contributed by atoms with E-state index >= 15 is 0 Å². The van der Waals surface area contributed by atoms with E-state index in [-0.39, 0.29) is 5.41 Å². The second-order valence-corrected chi connectivity index (χ2v) is 3.76. The molecule has 0 saturated carbocycles. The summed E-state index contributed by atoms with van der Waals surface area (Å²) in [6.07, 6.45) is 2.69. The van der Waals surface area contributed by atoms with Crippen LogP contribution in [0.3, 0.4) is 0 Å². The molecule has 0 spiro atoms. The molecule has 0 aliphatic heterocycles. The molecule has 3 nitrogen and oxygen atoms in total. The van der Waals surface area contributed by atoms with Gasteiger partial charge in [0.25, 0.3) is 0 Å². The van der Waals surface area contributed by atoms with Crippen molar-refractivity contribution in [2.75, 3.05) is 0 Å². The molecule has 0 saturated heterocycles. The average Bonchev–Trinajstić information content (AvgIpc) is 2.35. The Bertz CT molecular complexity index is 270. The first kappa shape index (κ1) is 8.97. The molecule has 0 bridgehead atoms. The predicted octanol–water partition coefficient (Wildman–Crippen LogP) is 1.71. The molecule has 0 N–H and O–H groups in total. The maximum atomic E-state index is 10.2. The van der Waals surface area contributed by atoms with Gasteiger partial charge in [-0.2, -0.15) is 0 Å². The third-order valence-corrected chi connectivity index (χ3v) is 1.49. The highest BCUT2D eigenvalue weighted by Gasteiger charge is 2.19. The number of hydrogen-bond donors (Lipinski definition) is 0. The molecule has 66 valence electrons. The van der Waals surface area contributed by atoms with Crippen LogP contribution in [0.15, 0.2) is 10.7 Å². The number of nitrogens with zero attached hydrogens (tertiary/aromatic N) is 1. The smallest absolute Gasteiger partial charge is 0.199 e. The molecular formula is C9H13NO2. The van der Waals surface area contributed by atoms with Crippen molar-refractivity contribution in [3.8, 4) is 0 Å². The first-order valence-electron chi connectivity index (χ1n) is 3.92. The lowest BCUT2D eigenvalue weighted by Gasteiger charge is -2.11. The number of aldehydes is 1. The van der Waals surface area contributed by atoms with Crippen molar-refractivity contribution in [2.45, 2.75) is 32.6 Å². The summed E-state index contributed by atoms with van der Waals surface area (Å²) in [6.45, 7) is 6.05. The molecule has 0 radical (unpaired) electrons. The van der Waals surface area contributed by atoms with E-state index < -0.39 is 0 Å². The Kier molecular flexibility index (Phi) is 2.31.